The first-order chi connectivity index (χ1) is 16.8. The molecule has 0 aliphatic rings. The number of carboxylic acid groups (broad SMARTS) is 2. The van der Waals surface area contributed by atoms with Crippen molar-refractivity contribution in [1.29, 1.82) is 0 Å². The molecule has 3 amide bonds. The maximum atomic E-state index is 13.1. The van der Waals surface area contributed by atoms with Crippen molar-refractivity contribution in [1.82, 2.24) is 16.0 Å². The lowest BCUT2D eigenvalue weighted by atomic mass is 9.98. The molecule has 0 aromatic heterocycles. The summed E-state index contributed by atoms with van der Waals surface area (Å²) in [5.41, 5.74) is 6.91. The van der Waals surface area contributed by atoms with Gasteiger partial charge in [0.2, 0.25) is 17.7 Å². The normalized spacial score (nSPS) is 14.4. The second-order valence-corrected chi connectivity index (χ2v) is 9.55. The molecule has 200 valence electrons. The number of nitrogens with one attached hydrogen (secondary N) is 3. The van der Waals surface area contributed by atoms with Crippen LogP contribution in [-0.2, 0) is 30.4 Å². The fourth-order valence-electron chi connectivity index (χ4n) is 3.52. The summed E-state index contributed by atoms with van der Waals surface area (Å²) in [6.45, 7) is 7.12. The summed E-state index contributed by atoms with van der Waals surface area (Å²) in [6, 6.07) is 4.83. The Kier molecular flexibility index (Phi) is 12.6. The van der Waals surface area contributed by atoms with E-state index in [1.807, 2.05) is 44.2 Å². The summed E-state index contributed by atoms with van der Waals surface area (Å²) in [4.78, 5) is 60.9. The van der Waals surface area contributed by atoms with E-state index in [0.29, 0.717) is 0 Å². The number of carbonyl (C=O) groups excluding carboxylic acids is 3. The average molecular weight is 507 g/mol. The van der Waals surface area contributed by atoms with Gasteiger partial charge < -0.3 is 31.9 Å². The standard InChI is InChI=1S/C25H38N4O7/c1-14(2)12-19(23(33)27-18(25(35)36)10-11-20(30)31)28-24(34)21(15(3)4)29-22(32)17(26)13-16-8-6-5-7-9-16/h5-9,14-15,17-19,21H,10-13,26H2,1-4H3,(H,27,33)(H,28,34)(H,29,32)(H,30,31)(H,35,36). The van der Waals surface area contributed by atoms with E-state index in [2.05, 4.69) is 16.0 Å². The predicted molar refractivity (Wildman–Crippen MR) is 133 cm³/mol. The number of carboxylic acids is 2. The molecule has 1 aromatic rings. The van der Waals surface area contributed by atoms with E-state index in [9.17, 15) is 29.1 Å². The van der Waals surface area contributed by atoms with Crippen LogP contribution in [0.2, 0.25) is 0 Å². The molecule has 0 aliphatic carbocycles. The van der Waals surface area contributed by atoms with Crippen LogP contribution in [0, 0.1) is 11.8 Å². The van der Waals surface area contributed by atoms with Crippen molar-refractivity contribution in [3.8, 4) is 0 Å². The van der Waals surface area contributed by atoms with Gasteiger partial charge >= 0.3 is 11.9 Å². The average Bonchev–Trinajstić information content (AvgIpc) is 2.78. The molecule has 0 saturated carbocycles. The summed E-state index contributed by atoms with van der Waals surface area (Å²) in [7, 11) is 0. The third kappa shape index (κ3) is 10.9. The monoisotopic (exact) mass is 506 g/mol. The van der Waals surface area contributed by atoms with Gasteiger partial charge in [-0.3, -0.25) is 19.2 Å². The second kappa shape index (κ2) is 14.8. The van der Waals surface area contributed by atoms with Crippen LogP contribution in [0.15, 0.2) is 30.3 Å². The molecule has 0 heterocycles. The zero-order valence-electron chi connectivity index (χ0n) is 21.2. The Bertz CT molecular complexity index is 905. The van der Waals surface area contributed by atoms with E-state index in [1.165, 1.54) is 0 Å². The first kappa shape index (κ1) is 30.6. The molecule has 0 bridgehead atoms. The minimum Gasteiger partial charge on any atom is -0.481 e. The molecule has 4 atom stereocenters. The van der Waals surface area contributed by atoms with Gasteiger partial charge in [-0.15, -0.1) is 0 Å². The Morgan fingerprint density at radius 3 is 1.92 bits per heavy atom. The van der Waals surface area contributed by atoms with Crippen LogP contribution in [0.3, 0.4) is 0 Å². The van der Waals surface area contributed by atoms with E-state index in [0.717, 1.165) is 5.56 Å². The maximum absolute atomic E-state index is 13.1. The molecule has 11 heteroatoms. The molecule has 0 radical (unpaired) electrons. The lowest BCUT2D eigenvalue weighted by molar-refractivity contribution is -0.143. The summed E-state index contributed by atoms with van der Waals surface area (Å²) in [5, 5.41) is 25.8. The van der Waals surface area contributed by atoms with E-state index in [-0.39, 0.29) is 31.1 Å². The van der Waals surface area contributed by atoms with Crippen LogP contribution in [0.5, 0.6) is 0 Å². The SMILES string of the molecule is CC(C)CC(NC(=O)C(NC(=O)C(N)Cc1ccccc1)C(C)C)C(=O)NC(CCC(=O)O)C(=O)O. The minimum absolute atomic E-state index is 0.0327. The number of nitrogens with two attached hydrogens (primary N) is 1. The number of amides is 3. The Labute approximate surface area is 211 Å². The van der Waals surface area contributed by atoms with Gasteiger partial charge in [0, 0.05) is 6.42 Å². The Morgan fingerprint density at radius 1 is 0.833 bits per heavy atom. The molecule has 0 saturated heterocycles. The highest BCUT2D eigenvalue weighted by atomic mass is 16.4. The van der Waals surface area contributed by atoms with Gasteiger partial charge in [0.1, 0.15) is 18.1 Å². The number of benzene rings is 1. The van der Waals surface area contributed by atoms with Crippen molar-refractivity contribution in [2.24, 2.45) is 17.6 Å². The summed E-state index contributed by atoms with van der Waals surface area (Å²) < 4.78 is 0. The van der Waals surface area contributed by atoms with Crippen molar-refractivity contribution in [3.05, 3.63) is 35.9 Å². The van der Waals surface area contributed by atoms with Crippen molar-refractivity contribution in [2.75, 3.05) is 0 Å². The summed E-state index contributed by atoms with van der Waals surface area (Å²) >= 11 is 0. The molecule has 0 fully saturated rings. The Balaban J connectivity index is 2.91. The molecule has 4 unspecified atom stereocenters. The second-order valence-electron chi connectivity index (χ2n) is 9.55. The third-order valence-electron chi connectivity index (χ3n) is 5.48. The first-order valence-electron chi connectivity index (χ1n) is 12.0. The third-order valence-corrected chi connectivity index (χ3v) is 5.48. The van der Waals surface area contributed by atoms with Crippen LogP contribution in [-0.4, -0.2) is 64.0 Å². The fraction of sp³-hybridized carbons (Fsp3) is 0.560. The van der Waals surface area contributed by atoms with Crippen LogP contribution in [0.25, 0.3) is 0 Å². The lowest BCUT2D eigenvalue weighted by Gasteiger charge is -2.27. The fourth-order valence-corrected chi connectivity index (χ4v) is 3.52. The first-order valence-corrected chi connectivity index (χ1v) is 12.0. The highest BCUT2D eigenvalue weighted by molar-refractivity contribution is 5.94. The van der Waals surface area contributed by atoms with Crippen LogP contribution in [0.1, 0.15) is 52.5 Å². The summed E-state index contributed by atoms with van der Waals surface area (Å²) in [6.07, 6.45) is -0.259. The lowest BCUT2D eigenvalue weighted by Crippen LogP contribution is -2.58. The van der Waals surface area contributed by atoms with Gasteiger partial charge in [-0.2, -0.15) is 0 Å². The largest absolute Gasteiger partial charge is 0.481 e. The molecular weight excluding hydrogens is 468 g/mol. The zero-order valence-corrected chi connectivity index (χ0v) is 21.2. The highest BCUT2D eigenvalue weighted by Crippen LogP contribution is 2.10. The van der Waals surface area contributed by atoms with Crippen molar-refractivity contribution < 1.29 is 34.2 Å². The number of carbonyl (C=O) groups is 5. The van der Waals surface area contributed by atoms with E-state index >= 15 is 0 Å². The smallest absolute Gasteiger partial charge is 0.326 e. The maximum Gasteiger partial charge on any atom is 0.326 e. The minimum atomic E-state index is -1.42. The van der Waals surface area contributed by atoms with Gasteiger partial charge in [0.15, 0.2) is 0 Å². The van der Waals surface area contributed by atoms with Gasteiger partial charge in [-0.25, -0.2) is 4.79 Å². The highest BCUT2D eigenvalue weighted by Gasteiger charge is 2.32. The topological polar surface area (TPSA) is 188 Å². The number of hydrogen-bond acceptors (Lipinski definition) is 6. The Hall–Kier alpha value is -3.47. The quantitative estimate of drug-likeness (QED) is 0.200. The van der Waals surface area contributed by atoms with Gasteiger partial charge in [0.25, 0.3) is 0 Å². The van der Waals surface area contributed by atoms with Crippen molar-refractivity contribution in [2.45, 2.75) is 77.5 Å². The van der Waals surface area contributed by atoms with Crippen LogP contribution >= 0.6 is 0 Å². The van der Waals surface area contributed by atoms with E-state index in [1.54, 1.807) is 13.8 Å². The van der Waals surface area contributed by atoms with Gasteiger partial charge in [-0.1, -0.05) is 58.0 Å². The molecule has 0 aliphatic heterocycles. The number of aliphatic carboxylic acids is 2. The van der Waals surface area contributed by atoms with Gasteiger partial charge in [-0.05, 0) is 36.7 Å². The molecule has 0 spiro atoms. The van der Waals surface area contributed by atoms with Crippen molar-refractivity contribution in [3.63, 3.8) is 0 Å². The number of rotatable bonds is 15. The molecule has 1 aromatic carbocycles. The van der Waals surface area contributed by atoms with Crippen molar-refractivity contribution >= 4 is 29.7 Å². The molecular formula is C25H38N4O7. The Morgan fingerprint density at radius 2 is 1.42 bits per heavy atom. The zero-order chi connectivity index (χ0) is 27.4. The number of hydrogen-bond donors (Lipinski definition) is 6. The van der Waals surface area contributed by atoms with Crippen LogP contribution < -0.4 is 21.7 Å². The summed E-state index contributed by atoms with van der Waals surface area (Å²) in [5.74, 6) is -4.80. The molecule has 7 N–H and O–H groups in total. The van der Waals surface area contributed by atoms with E-state index < -0.39 is 60.2 Å². The van der Waals surface area contributed by atoms with Gasteiger partial charge in [0.05, 0.1) is 6.04 Å². The molecule has 36 heavy (non-hydrogen) atoms. The molecule has 1 rings (SSSR count). The van der Waals surface area contributed by atoms with E-state index in [4.69, 9.17) is 10.8 Å². The molecule has 11 nitrogen and oxygen atoms in total. The van der Waals surface area contributed by atoms with Crippen LogP contribution in [0.4, 0.5) is 0 Å². The predicted octanol–water partition coefficient (Wildman–Crippen LogP) is 0.662.